The molecule has 0 spiro atoms. The topological polar surface area (TPSA) is 43.4 Å². The van der Waals surface area contributed by atoms with Crippen molar-refractivity contribution >= 4 is 11.8 Å². The van der Waals surface area contributed by atoms with E-state index in [4.69, 9.17) is 0 Å². The van der Waals surface area contributed by atoms with Crippen LogP contribution in [0.2, 0.25) is 0 Å². The Morgan fingerprint density at radius 3 is 1.14 bits per heavy atom. The smallest absolute Gasteiger partial charge is 0.305 e. The zero-order valence-electron chi connectivity index (χ0n) is 19.1. The van der Waals surface area contributed by atoms with Crippen molar-refractivity contribution in [2.75, 3.05) is 7.11 Å². The maximum atomic E-state index is 11.4. The van der Waals surface area contributed by atoms with Crippen molar-refractivity contribution in [1.29, 1.82) is 0 Å². The van der Waals surface area contributed by atoms with Gasteiger partial charge in [-0.15, -0.1) is 0 Å². The molecule has 0 amide bonds. The lowest BCUT2D eigenvalue weighted by atomic mass is 10.0. The van der Waals surface area contributed by atoms with E-state index in [-0.39, 0.29) is 5.97 Å². The zero-order chi connectivity index (χ0) is 20.7. The number of unbranched alkanes of at least 4 members (excludes halogenated alkanes) is 16. The number of carbonyl (C=O) groups is 2. The second kappa shape index (κ2) is 22.4. The first-order valence-electron chi connectivity index (χ1n) is 12.3. The summed E-state index contributed by atoms with van der Waals surface area (Å²) in [6, 6.07) is 0. The second-order valence-electron chi connectivity index (χ2n) is 8.38. The fourth-order valence-corrected chi connectivity index (χ4v) is 3.75. The maximum Gasteiger partial charge on any atom is 0.305 e. The number of ketones is 1. The van der Waals surface area contributed by atoms with Crippen molar-refractivity contribution < 1.29 is 14.3 Å². The van der Waals surface area contributed by atoms with E-state index >= 15 is 0 Å². The van der Waals surface area contributed by atoms with Gasteiger partial charge in [0.25, 0.3) is 0 Å². The monoisotopic (exact) mass is 396 g/mol. The molecule has 0 fully saturated rings. The Labute approximate surface area is 175 Å². The molecule has 166 valence electrons. The second-order valence-corrected chi connectivity index (χ2v) is 8.38. The third-order valence-corrected chi connectivity index (χ3v) is 5.59. The molecule has 0 N–H and O–H groups in total. The molecular weight excluding hydrogens is 348 g/mol. The summed E-state index contributed by atoms with van der Waals surface area (Å²) in [7, 11) is 1.46. The average molecular weight is 397 g/mol. The fraction of sp³-hybridized carbons (Fsp3) is 0.920. The Morgan fingerprint density at radius 1 is 0.500 bits per heavy atom. The van der Waals surface area contributed by atoms with Gasteiger partial charge >= 0.3 is 5.97 Å². The molecule has 0 atom stereocenters. The molecule has 3 nitrogen and oxygen atoms in total. The molecule has 0 saturated heterocycles. The van der Waals surface area contributed by atoms with E-state index in [0.717, 1.165) is 38.5 Å². The first-order valence-corrected chi connectivity index (χ1v) is 12.3. The van der Waals surface area contributed by atoms with Crippen LogP contribution >= 0.6 is 0 Å². The highest BCUT2D eigenvalue weighted by Crippen LogP contribution is 2.14. The summed E-state index contributed by atoms with van der Waals surface area (Å²) in [6.45, 7) is 2.08. The number of methoxy groups -OCH3 is 1. The van der Waals surface area contributed by atoms with E-state index in [1.807, 2.05) is 0 Å². The standard InChI is InChI=1S/C25H48O3/c1-3-21-24(26)22-19-17-15-13-11-9-7-5-4-6-8-10-12-14-16-18-20-23-25(27)28-2/h3-23H2,1-2H3. The van der Waals surface area contributed by atoms with Gasteiger partial charge in [-0.25, -0.2) is 0 Å². The lowest BCUT2D eigenvalue weighted by Crippen LogP contribution is -1.99. The number of rotatable bonds is 22. The summed E-state index contributed by atoms with van der Waals surface area (Å²) >= 11 is 0. The SMILES string of the molecule is CCCC(=O)CCCCCCCCCCCCCCCCCCCC(=O)OC. The van der Waals surface area contributed by atoms with E-state index < -0.39 is 0 Å². The highest BCUT2D eigenvalue weighted by molar-refractivity contribution is 5.78. The summed E-state index contributed by atoms with van der Waals surface area (Å²) in [5, 5.41) is 0. The van der Waals surface area contributed by atoms with Crippen LogP contribution < -0.4 is 0 Å². The van der Waals surface area contributed by atoms with Crippen molar-refractivity contribution in [3.63, 3.8) is 0 Å². The predicted molar refractivity (Wildman–Crippen MR) is 120 cm³/mol. The Bertz CT molecular complexity index is 352. The third-order valence-electron chi connectivity index (χ3n) is 5.59. The summed E-state index contributed by atoms with van der Waals surface area (Å²) in [5.74, 6) is 0.383. The minimum atomic E-state index is -0.0736. The van der Waals surface area contributed by atoms with Gasteiger partial charge in [0.15, 0.2) is 0 Å². The molecule has 0 aliphatic heterocycles. The molecular formula is C25H48O3. The van der Waals surface area contributed by atoms with Crippen LogP contribution in [0.25, 0.3) is 0 Å². The summed E-state index contributed by atoms with van der Waals surface area (Å²) in [6.07, 6.45) is 25.3. The Balaban J connectivity index is 3.07. The van der Waals surface area contributed by atoms with Crippen molar-refractivity contribution in [3.8, 4) is 0 Å². The van der Waals surface area contributed by atoms with Gasteiger partial charge in [0.1, 0.15) is 5.78 Å². The van der Waals surface area contributed by atoms with E-state index in [1.165, 1.54) is 97.0 Å². The molecule has 28 heavy (non-hydrogen) atoms. The van der Waals surface area contributed by atoms with Gasteiger partial charge in [-0.05, 0) is 19.3 Å². The largest absolute Gasteiger partial charge is 0.469 e. The van der Waals surface area contributed by atoms with Gasteiger partial charge in [-0.1, -0.05) is 103 Å². The molecule has 0 aromatic carbocycles. The van der Waals surface area contributed by atoms with E-state index in [9.17, 15) is 9.59 Å². The Kier molecular flexibility index (Phi) is 21.7. The first kappa shape index (κ1) is 27.1. The van der Waals surface area contributed by atoms with Crippen LogP contribution in [0.5, 0.6) is 0 Å². The van der Waals surface area contributed by atoms with Gasteiger partial charge in [0, 0.05) is 19.3 Å². The summed E-state index contributed by atoms with van der Waals surface area (Å²) in [4.78, 5) is 22.4. The van der Waals surface area contributed by atoms with Crippen LogP contribution in [0.3, 0.4) is 0 Å². The van der Waals surface area contributed by atoms with Gasteiger partial charge in [0.2, 0.25) is 0 Å². The molecule has 0 radical (unpaired) electrons. The number of Topliss-reactive ketones (excluding diaryl/α,β-unsaturated/α-hetero) is 1. The lowest BCUT2D eigenvalue weighted by molar-refractivity contribution is -0.140. The van der Waals surface area contributed by atoms with Crippen molar-refractivity contribution in [2.24, 2.45) is 0 Å². The minimum Gasteiger partial charge on any atom is -0.469 e. The van der Waals surface area contributed by atoms with Gasteiger partial charge in [0.05, 0.1) is 7.11 Å². The molecule has 0 heterocycles. The quantitative estimate of drug-likeness (QED) is 0.138. The number of carbonyl (C=O) groups excluding carboxylic acids is 2. The summed E-state index contributed by atoms with van der Waals surface area (Å²) in [5.41, 5.74) is 0. The maximum absolute atomic E-state index is 11.4. The van der Waals surface area contributed by atoms with Crippen LogP contribution in [0.15, 0.2) is 0 Å². The number of hydrogen-bond acceptors (Lipinski definition) is 3. The normalized spacial score (nSPS) is 10.9. The average Bonchev–Trinajstić information content (AvgIpc) is 2.69. The van der Waals surface area contributed by atoms with Gasteiger partial charge < -0.3 is 4.74 Å². The number of ether oxygens (including phenoxy) is 1. The molecule has 0 aromatic heterocycles. The zero-order valence-corrected chi connectivity index (χ0v) is 19.1. The molecule has 0 aromatic rings. The molecule has 0 bridgehead atoms. The van der Waals surface area contributed by atoms with E-state index in [0.29, 0.717) is 12.2 Å². The molecule has 3 heteroatoms. The van der Waals surface area contributed by atoms with Crippen molar-refractivity contribution in [2.45, 2.75) is 142 Å². The van der Waals surface area contributed by atoms with Crippen molar-refractivity contribution in [1.82, 2.24) is 0 Å². The molecule has 0 aliphatic carbocycles. The third kappa shape index (κ3) is 21.4. The number of esters is 1. The lowest BCUT2D eigenvalue weighted by Gasteiger charge is -2.04. The predicted octanol–water partition coefficient (Wildman–Crippen LogP) is 7.94. The van der Waals surface area contributed by atoms with Crippen LogP contribution in [0.1, 0.15) is 142 Å². The van der Waals surface area contributed by atoms with E-state index in [2.05, 4.69) is 11.7 Å². The Morgan fingerprint density at radius 2 is 0.821 bits per heavy atom. The molecule has 0 saturated carbocycles. The minimum absolute atomic E-state index is 0.0736. The highest BCUT2D eigenvalue weighted by atomic mass is 16.5. The van der Waals surface area contributed by atoms with Gasteiger partial charge in [-0.3, -0.25) is 9.59 Å². The van der Waals surface area contributed by atoms with Crippen LogP contribution in [-0.4, -0.2) is 18.9 Å². The molecule has 0 aliphatic rings. The first-order chi connectivity index (χ1) is 13.7. The van der Waals surface area contributed by atoms with E-state index in [1.54, 1.807) is 0 Å². The highest BCUT2D eigenvalue weighted by Gasteiger charge is 2.00. The van der Waals surface area contributed by atoms with Crippen LogP contribution in [0.4, 0.5) is 0 Å². The van der Waals surface area contributed by atoms with Crippen molar-refractivity contribution in [3.05, 3.63) is 0 Å². The Hall–Kier alpha value is -0.860. The van der Waals surface area contributed by atoms with Crippen LogP contribution in [0, 0.1) is 0 Å². The van der Waals surface area contributed by atoms with Gasteiger partial charge in [-0.2, -0.15) is 0 Å². The molecule has 0 rings (SSSR count). The summed E-state index contributed by atoms with van der Waals surface area (Å²) < 4.78 is 4.65. The fourth-order valence-electron chi connectivity index (χ4n) is 3.75. The number of hydrogen-bond donors (Lipinski definition) is 0. The molecule has 0 unspecified atom stereocenters. The van der Waals surface area contributed by atoms with Crippen LogP contribution in [-0.2, 0) is 14.3 Å².